The molecule has 0 aliphatic heterocycles. The second-order valence-corrected chi connectivity index (χ2v) is 3.55. The van der Waals surface area contributed by atoms with Gasteiger partial charge in [-0.3, -0.25) is 4.68 Å². The maximum absolute atomic E-state index is 5.68. The number of hydrogen-bond donors (Lipinski definition) is 1. The van der Waals surface area contributed by atoms with Gasteiger partial charge in [0.25, 0.3) is 0 Å². The molecule has 2 aromatic rings. The lowest BCUT2D eigenvalue weighted by molar-refractivity contribution is 0.740. The summed E-state index contributed by atoms with van der Waals surface area (Å²) in [6.45, 7) is 1.96. The van der Waals surface area contributed by atoms with Crippen LogP contribution in [0.25, 0.3) is 0 Å². The normalized spacial score (nSPS) is 10.3. The summed E-state index contributed by atoms with van der Waals surface area (Å²) >= 11 is 5.68. The number of nitrogens with one attached hydrogen (secondary N) is 1. The zero-order chi connectivity index (χ0) is 10.8. The van der Waals surface area contributed by atoms with Crippen LogP contribution in [-0.4, -0.2) is 19.7 Å². The van der Waals surface area contributed by atoms with Crippen molar-refractivity contribution in [2.75, 3.05) is 5.32 Å². The van der Waals surface area contributed by atoms with Crippen LogP contribution in [0.1, 0.15) is 5.69 Å². The van der Waals surface area contributed by atoms with E-state index in [1.807, 2.05) is 14.0 Å². The minimum atomic E-state index is 0.510. The standard InChI is InChI=1S/C9H10ClN5/c1-6-8(5-13-15(6)2)14-9-11-3-7(10)4-12-9/h3-5H,1-2H3,(H,11,12,14). The summed E-state index contributed by atoms with van der Waals surface area (Å²) in [6.07, 6.45) is 4.82. The van der Waals surface area contributed by atoms with Crippen LogP contribution in [0.2, 0.25) is 5.02 Å². The van der Waals surface area contributed by atoms with Gasteiger partial charge in [-0.1, -0.05) is 11.6 Å². The fourth-order valence-corrected chi connectivity index (χ4v) is 1.22. The van der Waals surface area contributed by atoms with Gasteiger partial charge in [-0.05, 0) is 6.92 Å². The molecule has 0 aromatic carbocycles. The van der Waals surface area contributed by atoms with Crippen LogP contribution < -0.4 is 5.32 Å². The van der Waals surface area contributed by atoms with Crippen molar-refractivity contribution in [2.45, 2.75) is 6.92 Å². The van der Waals surface area contributed by atoms with E-state index in [4.69, 9.17) is 11.6 Å². The highest BCUT2D eigenvalue weighted by Crippen LogP contribution is 2.16. The third-order valence-electron chi connectivity index (χ3n) is 2.10. The van der Waals surface area contributed by atoms with E-state index in [1.54, 1.807) is 23.3 Å². The molecule has 0 radical (unpaired) electrons. The molecular formula is C9H10ClN5. The molecule has 0 aliphatic rings. The molecule has 5 nitrogen and oxygen atoms in total. The van der Waals surface area contributed by atoms with E-state index in [0.29, 0.717) is 11.0 Å². The molecule has 0 amide bonds. The molecule has 6 heteroatoms. The molecule has 2 heterocycles. The van der Waals surface area contributed by atoms with Crippen molar-refractivity contribution in [1.82, 2.24) is 19.7 Å². The second-order valence-electron chi connectivity index (χ2n) is 3.12. The van der Waals surface area contributed by atoms with Crippen molar-refractivity contribution in [2.24, 2.45) is 7.05 Å². The van der Waals surface area contributed by atoms with Gasteiger partial charge < -0.3 is 5.32 Å². The maximum Gasteiger partial charge on any atom is 0.227 e. The second kappa shape index (κ2) is 3.86. The van der Waals surface area contributed by atoms with Gasteiger partial charge >= 0.3 is 0 Å². The van der Waals surface area contributed by atoms with Crippen LogP contribution in [0, 0.1) is 6.92 Å². The summed E-state index contributed by atoms with van der Waals surface area (Å²) in [4.78, 5) is 8.07. The van der Waals surface area contributed by atoms with E-state index in [9.17, 15) is 0 Å². The van der Waals surface area contributed by atoms with Crippen molar-refractivity contribution < 1.29 is 0 Å². The van der Waals surface area contributed by atoms with Crippen LogP contribution in [0.4, 0.5) is 11.6 Å². The van der Waals surface area contributed by atoms with Crippen LogP contribution >= 0.6 is 11.6 Å². The predicted molar refractivity (Wildman–Crippen MR) is 58.3 cm³/mol. The van der Waals surface area contributed by atoms with Gasteiger partial charge in [-0.25, -0.2) is 9.97 Å². The molecule has 0 saturated heterocycles. The number of aryl methyl sites for hydroxylation is 1. The van der Waals surface area contributed by atoms with Crippen LogP contribution in [0.3, 0.4) is 0 Å². The molecule has 0 aliphatic carbocycles. The Kier molecular flexibility index (Phi) is 2.55. The Bertz CT molecular complexity index is 462. The third kappa shape index (κ3) is 2.07. The van der Waals surface area contributed by atoms with Crippen molar-refractivity contribution in [3.63, 3.8) is 0 Å². The van der Waals surface area contributed by atoms with E-state index in [-0.39, 0.29) is 0 Å². The first kappa shape index (κ1) is 9.92. The highest BCUT2D eigenvalue weighted by molar-refractivity contribution is 6.30. The average molecular weight is 224 g/mol. The molecule has 1 N–H and O–H groups in total. The number of nitrogens with zero attached hydrogens (tertiary/aromatic N) is 4. The summed E-state index contributed by atoms with van der Waals surface area (Å²) < 4.78 is 1.78. The number of halogens is 1. The van der Waals surface area contributed by atoms with Crippen LogP contribution in [0.15, 0.2) is 18.6 Å². The van der Waals surface area contributed by atoms with Gasteiger partial charge in [0.05, 0.1) is 35.0 Å². The Morgan fingerprint density at radius 3 is 2.47 bits per heavy atom. The lowest BCUT2D eigenvalue weighted by atomic mass is 10.4. The maximum atomic E-state index is 5.68. The van der Waals surface area contributed by atoms with E-state index >= 15 is 0 Å². The first-order valence-corrected chi connectivity index (χ1v) is 4.78. The Morgan fingerprint density at radius 1 is 1.27 bits per heavy atom. The van der Waals surface area contributed by atoms with Crippen LogP contribution in [-0.2, 0) is 7.05 Å². The molecule has 0 bridgehead atoms. The van der Waals surface area contributed by atoms with Crippen molar-refractivity contribution in [3.05, 3.63) is 29.3 Å². The van der Waals surface area contributed by atoms with Gasteiger partial charge in [-0.2, -0.15) is 5.10 Å². The van der Waals surface area contributed by atoms with E-state index in [2.05, 4.69) is 20.4 Å². The van der Waals surface area contributed by atoms with Gasteiger partial charge in [0.1, 0.15) is 0 Å². The Morgan fingerprint density at radius 2 is 1.93 bits per heavy atom. The summed E-state index contributed by atoms with van der Waals surface area (Å²) in [5.74, 6) is 0.510. The average Bonchev–Trinajstić information content (AvgIpc) is 2.53. The molecule has 15 heavy (non-hydrogen) atoms. The zero-order valence-corrected chi connectivity index (χ0v) is 9.15. The summed E-state index contributed by atoms with van der Waals surface area (Å²) in [7, 11) is 1.88. The number of anilines is 2. The topological polar surface area (TPSA) is 55.6 Å². The Hall–Kier alpha value is -1.62. The van der Waals surface area contributed by atoms with Gasteiger partial charge in [0.15, 0.2) is 0 Å². The first-order valence-electron chi connectivity index (χ1n) is 4.40. The summed E-state index contributed by atoms with van der Waals surface area (Å²) in [5.41, 5.74) is 1.91. The minimum Gasteiger partial charge on any atom is -0.321 e. The molecule has 78 valence electrons. The number of hydrogen-bond acceptors (Lipinski definition) is 4. The van der Waals surface area contributed by atoms with Crippen LogP contribution in [0.5, 0.6) is 0 Å². The quantitative estimate of drug-likeness (QED) is 0.845. The highest BCUT2D eigenvalue weighted by atomic mass is 35.5. The fourth-order valence-electron chi connectivity index (χ4n) is 1.12. The smallest absolute Gasteiger partial charge is 0.227 e. The number of rotatable bonds is 2. The lowest BCUT2D eigenvalue weighted by Gasteiger charge is -2.02. The number of aromatic nitrogens is 4. The third-order valence-corrected chi connectivity index (χ3v) is 2.30. The molecular weight excluding hydrogens is 214 g/mol. The molecule has 0 saturated carbocycles. The SMILES string of the molecule is Cc1c(Nc2ncc(Cl)cn2)cnn1C. The monoisotopic (exact) mass is 223 g/mol. The summed E-state index contributed by atoms with van der Waals surface area (Å²) in [6, 6.07) is 0. The van der Waals surface area contributed by atoms with Gasteiger partial charge in [0.2, 0.25) is 5.95 Å². The zero-order valence-electron chi connectivity index (χ0n) is 8.40. The molecule has 2 aromatic heterocycles. The first-order chi connectivity index (χ1) is 7.16. The Labute approximate surface area is 92.1 Å². The highest BCUT2D eigenvalue weighted by Gasteiger charge is 2.04. The molecule has 2 rings (SSSR count). The van der Waals surface area contributed by atoms with Crippen molar-refractivity contribution >= 4 is 23.2 Å². The summed E-state index contributed by atoms with van der Waals surface area (Å²) in [5, 5.41) is 7.68. The van der Waals surface area contributed by atoms with E-state index in [0.717, 1.165) is 11.4 Å². The lowest BCUT2D eigenvalue weighted by Crippen LogP contribution is -1.98. The minimum absolute atomic E-state index is 0.510. The molecule has 0 atom stereocenters. The van der Waals surface area contributed by atoms with E-state index in [1.165, 1.54) is 0 Å². The van der Waals surface area contributed by atoms with Crippen molar-refractivity contribution in [3.8, 4) is 0 Å². The molecule has 0 unspecified atom stereocenters. The largest absolute Gasteiger partial charge is 0.321 e. The predicted octanol–water partition coefficient (Wildman–Crippen LogP) is 1.92. The Balaban J connectivity index is 2.22. The fraction of sp³-hybridized carbons (Fsp3) is 0.222. The van der Waals surface area contributed by atoms with Crippen molar-refractivity contribution in [1.29, 1.82) is 0 Å². The van der Waals surface area contributed by atoms with E-state index < -0.39 is 0 Å². The van der Waals surface area contributed by atoms with Gasteiger partial charge in [-0.15, -0.1) is 0 Å². The molecule has 0 spiro atoms. The van der Waals surface area contributed by atoms with Gasteiger partial charge in [0, 0.05) is 7.05 Å². The molecule has 0 fully saturated rings.